The quantitative estimate of drug-likeness (QED) is 0.350. The number of carbonyl (C=O) groups is 1. The molecule has 0 saturated heterocycles. The van der Waals surface area contributed by atoms with Gasteiger partial charge >= 0.3 is 6.18 Å². The summed E-state index contributed by atoms with van der Waals surface area (Å²) >= 11 is 0. The highest BCUT2D eigenvalue weighted by Crippen LogP contribution is 2.32. The largest absolute Gasteiger partial charge is 0.457 e. The predicted molar refractivity (Wildman–Crippen MR) is 97.8 cm³/mol. The van der Waals surface area contributed by atoms with Crippen LogP contribution in [-0.4, -0.2) is 5.91 Å². The van der Waals surface area contributed by atoms with Gasteiger partial charge in [-0.2, -0.15) is 18.4 Å². The first-order valence-electron chi connectivity index (χ1n) is 8.22. The Morgan fingerprint density at radius 2 is 1.79 bits per heavy atom. The molecule has 0 atom stereocenters. The van der Waals surface area contributed by atoms with Crippen molar-refractivity contribution in [2.45, 2.75) is 6.18 Å². The maximum absolute atomic E-state index is 12.9. The van der Waals surface area contributed by atoms with Gasteiger partial charge in [0.1, 0.15) is 29.0 Å². The van der Waals surface area contributed by atoms with Gasteiger partial charge in [0, 0.05) is 17.3 Å². The minimum absolute atomic E-state index is 0.114. The molecule has 3 aromatic rings. The summed E-state index contributed by atoms with van der Waals surface area (Å²) in [6.07, 6.45) is -3.33. The van der Waals surface area contributed by atoms with Crippen molar-refractivity contribution in [2.24, 2.45) is 0 Å². The lowest BCUT2D eigenvalue weighted by atomic mass is 10.1. The molecule has 8 heteroatoms. The third-order valence-electron chi connectivity index (χ3n) is 3.85. The van der Waals surface area contributed by atoms with Crippen LogP contribution >= 0.6 is 0 Å². The number of amides is 1. The van der Waals surface area contributed by atoms with Gasteiger partial charge < -0.3 is 9.73 Å². The zero-order valence-corrected chi connectivity index (χ0v) is 14.6. The molecule has 3 rings (SSSR count). The number of carbonyl (C=O) groups excluding carboxylic acids is 1. The first-order chi connectivity index (χ1) is 13.8. The molecule has 0 aliphatic carbocycles. The summed E-state index contributed by atoms with van der Waals surface area (Å²) in [5.74, 6) is -0.949. The Morgan fingerprint density at radius 1 is 1.07 bits per heavy atom. The highest BCUT2D eigenvalue weighted by atomic mass is 19.4. The van der Waals surface area contributed by atoms with Gasteiger partial charge in [0.15, 0.2) is 0 Å². The number of furan rings is 1. The third-order valence-corrected chi connectivity index (χ3v) is 3.85. The first kappa shape index (κ1) is 19.9. The fraction of sp³-hybridized carbons (Fsp3) is 0.0476. The fourth-order valence-electron chi connectivity index (χ4n) is 2.46. The smallest absolute Gasteiger partial charge is 0.416 e. The number of nitrogens with zero attached hydrogens (tertiary/aromatic N) is 1. The molecule has 1 heterocycles. The van der Waals surface area contributed by atoms with Crippen LogP contribution in [0.2, 0.25) is 0 Å². The van der Waals surface area contributed by atoms with Crippen LogP contribution < -0.4 is 5.32 Å². The molecule has 0 fully saturated rings. The molecule has 0 saturated carbocycles. The van der Waals surface area contributed by atoms with Gasteiger partial charge in [-0.05, 0) is 48.5 Å². The van der Waals surface area contributed by atoms with Gasteiger partial charge in [-0.3, -0.25) is 4.79 Å². The summed E-state index contributed by atoms with van der Waals surface area (Å²) in [6, 6.07) is 14.2. The van der Waals surface area contributed by atoms with Crippen molar-refractivity contribution in [1.29, 1.82) is 5.26 Å². The van der Waals surface area contributed by atoms with E-state index in [1.54, 1.807) is 6.07 Å². The number of hydrogen-bond donors (Lipinski definition) is 1. The lowest BCUT2D eigenvalue weighted by molar-refractivity contribution is -0.137. The topological polar surface area (TPSA) is 66.0 Å². The fourth-order valence-corrected chi connectivity index (χ4v) is 2.46. The van der Waals surface area contributed by atoms with Gasteiger partial charge in [-0.15, -0.1) is 0 Å². The molecular weight excluding hydrogens is 388 g/mol. The SMILES string of the molecule is N#C/C(=C/c1ccc(-c2cccc(C(F)(F)F)c2)o1)C(=O)Nc1ccc(F)cc1. The van der Waals surface area contributed by atoms with E-state index in [1.165, 1.54) is 36.4 Å². The van der Waals surface area contributed by atoms with E-state index >= 15 is 0 Å². The number of benzene rings is 2. The molecule has 0 unspecified atom stereocenters. The number of halogens is 4. The third kappa shape index (κ3) is 4.90. The maximum Gasteiger partial charge on any atom is 0.416 e. The molecule has 0 spiro atoms. The van der Waals surface area contributed by atoms with Crippen molar-refractivity contribution >= 4 is 17.7 Å². The zero-order chi connectivity index (χ0) is 21.0. The molecule has 1 aromatic heterocycles. The van der Waals surface area contributed by atoms with Crippen LogP contribution in [0, 0.1) is 17.1 Å². The first-order valence-corrected chi connectivity index (χ1v) is 8.22. The summed E-state index contributed by atoms with van der Waals surface area (Å²) in [5.41, 5.74) is -0.616. The van der Waals surface area contributed by atoms with E-state index < -0.39 is 23.5 Å². The number of alkyl halides is 3. The second-order valence-electron chi connectivity index (χ2n) is 5.91. The summed E-state index contributed by atoms with van der Waals surface area (Å²) in [4.78, 5) is 12.2. The Morgan fingerprint density at radius 3 is 2.45 bits per heavy atom. The number of hydrogen-bond acceptors (Lipinski definition) is 3. The second kappa shape index (κ2) is 8.02. The summed E-state index contributed by atoms with van der Waals surface area (Å²) in [6.45, 7) is 0. The highest BCUT2D eigenvalue weighted by molar-refractivity contribution is 6.09. The zero-order valence-electron chi connectivity index (χ0n) is 14.6. The molecule has 0 aliphatic heterocycles. The summed E-state index contributed by atoms with van der Waals surface area (Å²) in [7, 11) is 0. The molecule has 0 radical (unpaired) electrons. The van der Waals surface area contributed by atoms with Gasteiger partial charge in [-0.1, -0.05) is 12.1 Å². The molecule has 0 aliphatic rings. The molecule has 0 bridgehead atoms. The van der Waals surface area contributed by atoms with E-state index in [0.717, 1.165) is 30.3 Å². The molecule has 4 nitrogen and oxygen atoms in total. The Bertz CT molecular complexity index is 1110. The molecule has 29 heavy (non-hydrogen) atoms. The van der Waals surface area contributed by atoms with E-state index in [9.17, 15) is 27.6 Å². The van der Waals surface area contributed by atoms with E-state index in [4.69, 9.17) is 4.42 Å². The van der Waals surface area contributed by atoms with Gasteiger partial charge in [0.2, 0.25) is 0 Å². The van der Waals surface area contributed by atoms with E-state index in [1.807, 2.05) is 0 Å². The molecule has 1 N–H and O–H groups in total. The number of anilines is 1. The van der Waals surface area contributed by atoms with Crippen LogP contribution in [-0.2, 0) is 11.0 Å². The molecule has 1 amide bonds. The van der Waals surface area contributed by atoms with E-state index in [2.05, 4.69) is 5.32 Å². The van der Waals surface area contributed by atoms with E-state index in [0.29, 0.717) is 5.69 Å². The Labute approximate surface area is 162 Å². The van der Waals surface area contributed by atoms with Crippen molar-refractivity contribution in [3.63, 3.8) is 0 Å². The van der Waals surface area contributed by atoms with Crippen molar-refractivity contribution in [3.8, 4) is 17.4 Å². The van der Waals surface area contributed by atoms with Crippen LogP contribution in [0.1, 0.15) is 11.3 Å². The number of nitrogens with one attached hydrogen (secondary N) is 1. The van der Waals surface area contributed by atoms with Crippen LogP contribution in [0.15, 0.2) is 70.7 Å². The number of nitriles is 1. The maximum atomic E-state index is 12.9. The molecular formula is C21H12F4N2O2. The van der Waals surface area contributed by atoms with Crippen molar-refractivity contribution in [2.75, 3.05) is 5.32 Å². The Balaban J connectivity index is 1.81. The summed E-state index contributed by atoms with van der Waals surface area (Å²) in [5, 5.41) is 11.7. The Kier molecular flexibility index (Phi) is 5.50. The average molecular weight is 400 g/mol. The average Bonchev–Trinajstić information content (AvgIpc) is 3.16. The second-order valence-corrected chi connectivity index (χ2v) is 5.91. The number of rotatable bonds is 4. The highest BCUT2D eigenvalue weighted by Gasteiger charge is 2.30. The monoisotopic (exact) mass is 400 g/mol. The predicted octanol–water partition coefficient (Wildman–Crippen LogP) is 5.65. The van der Waals surface area contributed by atoms with Crippen LogP contribution in [0.3, 0.4) is 0 Å². The lowest BCUT2D eigenvalue weighted by Crippen LogP contribution is -2.13. The van der Waals surface area contributed by atoms with Crippen LogP contribution in [0.5, 0.6) is 0 Å². The van der Waals surface area contributed by atoms with Gasteiger partial charge in [0.25, 0.3) is 5.91 Å². The van der Waals surface area contributed by atoms with Gasteiger partial charge in [0.05, 0.1) is 5.56 Å². The van der Waals surface area contributed by atoms with Crippen molar-refractivity contribution in [1.82, 2.24) is 0 Å². The normalized spacial score (nSPS) is 11.8. The van der Waals surface area contributed by atoms with Crippen LogP contribution in [0.4, 0.5) is 23.2 Å². The Hall–Kier alpha value is -3.86. The standard InChI is InChI=1S/C21H12F4N2O2/c22-16-4-6-17(7-5-16)27-20(28)14(12-26)11-18-8-9-19(29-18)13-2-1-3-15(10-13)21(23,24)25/h1-11H,(H,27,28)/b14-11-. The van der Waals surface area contributed by atoms with Gasteiger partial charge in [-0.25, -0.2) is 4.39 Å². The molecule has 2 aromatic carbocycles. The van der Waals surface area contributed by atoms with Crippen LogP contribution in [0.25, 0.3) is 17.4 Å². The van der Waals surface area contributed by atoms with Crippen molar-refractivity contribution < 1.29 is 26.8 Å². The minimum Gasteiger partial charge on any atom is -0.457 e. The lowest BCUT2D eigenvalue weighted by Gasteiger charge is -2.07. The molecule has 146 valence electrons. The minimum atomic E-state index is -4.49. The van der Waals surface area contributed by atoms with E-state index in [-0.39, 0.29) is 22.7 Å². The van der Waals surface area contributed by atoms with Crippen molar-refractivity contribution in [3.05, 3.63) is 83.4 Å². The summed E-state index contributed by atoms with van der Waals surface area (Å²) < 4.78 is 56.9.